The van der Waals surface area contributed by atoms with Crippen LogP contribution in [0.2, 0.25) is 10.0 Å². The van der Waals surface area contributed by atoms with E-state index in [1.807, 2.05) is 6.07 Å². The molecule has 1 aromatic carbocycles. The Balaban J connectivity index is 2.30. The number of nitrogens with one attached hydrogen (secondary N) is 1. The molecule has 1 amide bonds. The molecular weight excluding hydrogens is 313 g/mol. The zero-order valence-electron chi connectivity index (χ0n) is 11.6. The van der Waals surface area contributed by atoms with Gasteiger partial charge >= 0.3 is 0 Å². The number of aryl methyl sites for hydroxylation is 1. The summed E-state index contributed by atoms with van der Waals surface area (Å²) in [5, 5.41) is 16.7. The van der Waals surface area contributed by atoms with Gasteiger partial charge in [-0.1, -0.05) is 29.3 Å². The van der Waals surface area contributed by atoms with Crippen LogP contribution in [0.3, 0.4) is 0 Å². The zero-order valence-corrected chi connectivity index (χ0v) is 13.1. The van der Waals surface area contributed by atoms with Crippen LogP contribution in [-0.4, -0.2) is 33.4 Å². The quantitative estimate of drug-likeness (QED) is 0.906. The molecule has 0 unspecified atom stereocenters. The Morgan fingerprint density at radius 1 is 1.38 bits per heavy atom. The van der Waals surface area contributed by atoms with Crippen LogP contribution >= 0.6 is 23.2 Å². The van der Waals surface area contributed by atoms with Crippen LogP contribution in [0.4, 0.5) is 0 Å². The SMILES string of the molecule is C[C@@H](CO)NC(=O)c1cc(-c2ccc(Cl)c(Cl)c2)n(C)n1. The highest BCUT2D eigenvalue weighted by Crippen LogP contribution is 2.28. The number of aliphatic hydroxyl groups excluding tert-OH is 1. The van der Waals surface area contributed by atoms with Crippen molar-refractivity contribution >= 4 is 29.1 Å². The third-order valence-corrected chi connectivity index (χ3v) is 3.72. The van der Waals surface area contributed by atoms with Crippen LogP contribution in [-0.2, 0) is 7.05 Å². The van der Waals surface area contributed by atoms with Crippen molar-refractivity contribution in [2.24, 2.45) is 7.05 Å². The molecule has 0 aliphatic carbocycles. The lowest BCUT2D eigenvalue weighted by molar-refractivity contribution is 0.0916. The molecule has 0 bridgehead atoms. The van der Waals surface area contributed by atoms with E-state index in [9.17, 15) is 4.79 Å². The van der Waals surface area contributed by atoms with E-state index >= 15 is 0 Å². The van der Waals surface area contributed by atoms with Crippen LogP contribution in [0.25, 0.3) is 11.3 Å². The minimum atomic E-state index is -0.335. The van der Waals surface area contributed by atoms with Crippen LogP contribution in [0.15, 0.2) is 24.3 Å². The summed E-state index contributed by atoms with van der Waals surface area (Å²) in [4.78, 5) is 12.0. The second kappa shape index (κ2) is 6.47. The van der Waals surface area contributed by atoms with Crippen LogP contribution in [0.5, 0.6) is 0 Å². The fourth-order valence-electron chi connectivity index (χ4n) is 1.85. The topological polar surface area (TPSA) is 67.2 Å². The average molecular weight is 328 g/mol. The molecule has 2 aromatic rings. The number of benzene rings is 1. The van der Waals surface area contributed by atoms with E-state index in [1.54, 1.807) is 36.9 Å². The lowest BCUT2D eigenvalue weighted by Gasteiger charge is -2.08. The van der Waals surface area contributed by atoms with Gasteiger partial charge in [0.1, 0.15) is 0 Å². The van der Waals surface area contributed by atoms with E-state index in [0.717, 1.165) is 11.3 Å². The maximum absolute atomic E-state index is 12.0. The Labute approximate surface area is 132 Å². The first-order valence-electron chi connectivity index (χ1n) is 6.33. The summed E-state index contributed by atoms with van der Waals surface area (Å²) in [6.45, 7) is 1.58. The molecule has 0 saturated heterocycles. The highest BCUT2D eigenvalue weighted by Gasteiger charge is 2.16. The lowest BCUT2D eigenvalue weighted by atomic mass is 10.1. The molecule has 0 spiro atoms. The number of amides is 1. The van der Waals surface area contributed by atoms with Gasteiger partial charge in [-0.15, -0.1) is 0 Å². The second-order valence-electron chi connectivity index (χ2n) is 4.72. The van der Waals surface area contributed by atoms with Crippen LogP contribution in [0, 0.1) is 0 Å². The van der Waals surface area contributed by atoms with Crippen LogP contribution < -0.4 is 5.32 Å². The molecule has 7 heteroatoms. The molecule has 0 saturated carbocycles. The molecule has 112 valence electrons. The van der Waals surface area contributed by atoms with E-state index < -0.39 is 0 Å². The van der Waals surface area contributed by atoms with Crippen molar-refractivity contribution in [2.45, 2.75) is 13.0 Å². The van der Waals surface area contributed by atoms with E-state index in [-0.39, 0.29) is 24.2 Å². The highest BCUT2D eigenvalue weighted by molar-refractivity contribution is 6.42. The van der Waals surface area contributed by atoms with Crippen molar-refractivity contribution in [1.82, 2.24) is 15.1 Å². The molecule has 0 aliphatic heterocycles. The Morgan fingerprint density at radius 3 is 2.71 bits per heavy atom. The molecule has 0 fully saturated rings. The van der Waals surface area contributed by atoms with Gasteiger partial charge in [-0.25, -0.2) is 0 Å². The summed E-state index contributed by atoms with van der Waals surface area (Å²) in [7, 11) is 1.74. The normalized spacial score (nSPS) is 12.2. The summed E-state index contributed by atoms with van der Waals surface area (Å²) in [6.07, 6.45) is 0. The van der Waals surface area contributed by atoms with Crippen molar-refractivity contribution in [2.75, 3.05) is 6.61 Å². The largest absolute Gasteiger partial charge is 0.394 e. The van der Waals surface area contributed by atoms with Crippen molar-refractivity contribution in [3.05, 3.63) is 40.0 Å². The molecule has 2 N–H and O–H groups in total. The van der Waals surface area contributed by atoms with E-state index in [0.29, 0.717) is 10.0 Å². The van der Waals surface area contributed by atoms with Gasteiger partial charge in [0, 0.05) is 18.7 Å². The number of aromatic nitrogens is 2. The predicted molar refractivity (Wildman–Crippen MR) is 82.7 cm³/mol. The summed E-state index contributed by atoms with van der Waals surface area (Å²) < 4.78 is 1.60. The maximum atomic E-state index is 12.0. The number of nitrogens with zero attached hydrogens (tertiary/aromatic N) is 2. The van der Waals surface area contributed by atoms with Gasteiger partial charge in [0.05, 0.1) is 22.3 Å². The third-order valence-electron chi connectivity index (χ3n) is 2.98. The number of hydrogen-bond donors (Lipinski definition) is 2. The fourth-order valence-corrected chi connectivity index (χ4v) is 2.15. The highest BCUT2D eigenvalue weighted by atomic mass is 35.5. The number of hydrogen-bond acceptors (Lipinski definition) is 3. The number of aliphatic hydroxyl groups is 1. The second-order valence-corrected chi connectivity index (χ2v) is 5.54. The standard InChI is InChI=1S/C14H15Cl2N3O2/c1-8(7-20)17-14(21)12-6-13(19(2)18-12)9-3-4-10(15)11(16)5-9/h3-6,8,20H,7H2,1-2H3,(H,17,21)/t8-/m0/s1. The Hall–Kier alpha value is -1.56. The van der Waals surface area contributed by atoms with Gasteiger partial charge in [0.15, 0.2) is 5.69 Å². The summed E-state index contributed by atoms with van der Waals surface area (Å²) >= 11 is 11.9. The van der Waals surface area contributed by atoms with Gasteiger partial charge in [-0.3, -0.25) is 9.48 Å². The number of carbonyl (C=O) groups excluding carboxylic acids is 1. The van der Waals surface area contributed by atoms with Gasteiger partial charge < -0.3 is 10.4 Å². The average Bonchev–Trinajstić information content (AvgIpc) is 2.84. The van der Waals surface area contributed by atoms with Crippen molar-refractivity contribution in [3.8, 4) is 11.3 Å². The molecule has 1 aromatic heterocycles. The van der Waals surface area contributed by atoms with Gasteiger partial charge in [-0.05, 0) is 25.1 Å². The smallest absolute Gasteiger partial charge is 0.272 e. The van der Waals surface area contributed by atoms with E-state index in [1.165, 1.54) is 0 Å². The minimum absolute atomic E-state index is 0.127. The van der Waals surface area contributed by atoms with Crippen molar-refractivity contribution in [3.63, 3.8) is 0 Å². The summed E-state index contributed by atoms with van der Waals surface area (Å²) in [5.41, 5.74) is 1.84. The van der Waals surface area contributed by atoms with Crippen molar-refractivity contribution < 1.29 is 9.90 Å². The van der Waals surface area contributed by atoms with E-state index in [4.69, 9.17) is 28.3 Å². The molecule has 1 heterocycles. The Morgan fingerprint density at radius 2 is 2.10 bits per heavy atom. The van der Waals surface area contributed by atoms with Crippen molar-refractivity contribution in [1.29, 1.82) is 0 Å². The third kappa shape index (κ3) is 3.56. The molecular formula is C14H15Cl2N3O2. The summed E-state index contributed by atoms with van der Waals surface area (Å²) in [5.74, 6) is -0.335. The minimum Gasteiger partial charge on any atom is -0.394 e. The predicted octanol–water partition coefficient (Wildman–Crippen LogP) is 2.50. The van der Waals surface area contributed by atoms with Gasteiger partial charge in [-0.2, -0.15) is 5.10 Å². The zero-order chi connectivity index (χ0) is 15.6. The number of rotatable bonds is 4. The molecule has 0 radical (unpaired) electrons. The first-order valence-corrected chi connectivity index (χ1v) is 7.09. The molecule has 1 atom stereocenters. The van der Waals surface area contributed by atoms with Gasteiger partial charge in [0.25, 0.3) is 5.91 Å². The number of halogens is 2. The van der Waals surface area contributed by atoms with E-state index in [2.05, 4.69) is 10.4 Å². The molecule has 0 aliphatic rings. The summed E-state index contributed by atoms with van der Waals surface area (Å²) in [6, 6.07) is 6.56. The first-order chi connectivity index (χ1) is 9.92. The molecule has 5 nitrogen and oxygen atoms in total. The number of carbonyl (C=O) groups is 1. The Kier molecular flexibility index (Phi) is 4.88. The van der Waals surface area contributed by atoms with Gasteiger partial charge in [0.2, 0.25) is 0 Å². The van der Waals surface area contributed by atoms with Crippen LogP contribution in [0.1, 0.15) is 17.4 Å². The monoisotopic (exact) mass is 327 g/mol. The first kappa shape index (κ1) is 15.8. The fraction of sp³-hybridized carbons (Fsp3) is 0.286. The molecule has 21 heavy (non-hydrogen) atoms. The Bertz CT molecular complexity index is 670. The maximum Gasteiger partial charge on any atom is 0.272 e. The lowest BCUT2D eigenvalue weighted by Crippen LogP contribution is -2.35. The molecule has 2 rings (SSSR count).